The van der Waals surface area contributed by atoms with Crippen molar-refractivity contribution in [3.05, 3.63) is 12.7 Å². The summed E-state index contributed by atoms with van der Waals surface area (Å²) in [6, 6.07) is -0.951. The molecule has 1 fully saturated rings. The lowest BCUT2D eigenvalue weighted by atomic mass is 9.91. The lowest BCUT2D eigenvalue weighted by Crippen LogP contribution is -2.67. The number of nitrogens with zero attached hydrogens (tertiary/aromatic N) is 1. The predicted octanol–water partition coefficient (Wildman–Crippen LogP) is 1.57. The molecule has 4 nitrogen and oxygen atoms in total. The summed E-state index contributed by atoms with van der Waals surface area (Å²) in [6.45, 7) is 13.4. The van der Waals surface area contributed by atoms with Gasteiger partial charge in [0, 0.05) is 6.04 Å². The molecule has 0 aliphatic carbocycles. The Morgan fingerprint density at radius 2 is 1.72 bits per heavy atom. The first-order valence-corrected chi connectivity index (χ1v) is 6.56. The van der Waals surface area contributed by atoms with Crippen LogP contribution in [0.3, 0.4) is 0 Å². The van der Waals surface area contributed by atoms with Crippen LogP contribution in [0.5, 0.6) is 0 Å². The second-order valence-electron chi connectivity index (χ2n) is 5.64. The third kappa shape index (κ3) is 2.57. The van der Waals surface area contributed by atoms with Crippen LogP contribution in [0.15, 0.2) is 12.7 Å². The van der Waals surface area contributed by atoms with Crippen molar-refractivity contribution in [3.8, 4) is 0 Å². The van der Waals surface area contributed by atoms with Crippen molar-refractivity contribution in [1.82, 2.24) is 10.2 Å². The van der Waals surface area contributed by atoms with Gasteiger partial charge in [0.25, 0.3) is 0 Å². The molecular weight excluding hydrogens is 228 g/mol. The quantitative estimate of drug-likeness (QED) is 0.772. The average molecular weight is 252 g/mol. The zero-order valence-electron chi connectivity index (χ0n) is 11.9. The van der Waals surface area contributed by atoms with Crippen molar-refractivity contribution in [2.24, 2.45) is 11.8 Å². The molecule has 0 bridgehead atoms. The van der Waals surface area contributed by atoms with E-state index in [0.29, 0.717) is 0 Å². The highest BCUT2D eigenvalue weighted by Crippen LogP contribution is 2.23. The maximum atomic E-state index is 12.5. The molecule has 0 aromatic carbocycles. The van der Waals surface area contributed by atoms with Gasteiger partial charge in [0.2, 0.25) is 11.8 Å². The Hall–Kier alpha value is -1.32. The Kier molecular flexibility index (Phi) is 4.54. The van der Waals surface area contributed by atoms with Gasteiger partial charge in [0.15, 0.2) is 0 Å². The van der Waals surface area contributed by atoms with Crippen LogP contribution in [0.4, 0.5) is 0 Å². The van der Waals surface area contributed by atoms with Gasteiger partial charge in [-0.15, -0.1) is 6.58 Å². The second kappa shape index (κ2) is 5.55. The van der Waals surface area contributed by atoms with E-state index in [1.165, 1.54) is 0 Å². The van der Waals surface area contributed by atoms with E-state index in [0.717, 1.165) is 0 Å². The molecule has 1 heterocycles. The number of hydrogen-bond donors (Lipinski definition) is 1. The number of carbonyl (C=O) groups excluding carboxylic acids is 2. The monoisotopic (exact) mass is 252 g/mol. The molecule has 102 valence electrons. The van der Waals surface area contributed by atoms with Gasteiger partial charge in [-0.2, -0.15) is 0 Å². The summed E-state index contributed by atoms with van der Waals surface area (Å²) >= 11 is 0. The number of hydrogen-bond acceptors (Lipinski definition) is 2. The molecule has 1 saturated heterocycles. The van der Waals surface area contributed by atoms with Crippen LogP contribution in [-0.2, 0) is 9.59 Å². The molecule has 18 heavy (non-hydrogen) atoms. The number of carbonyl (C=O) groups is 2. The van der Waals surface area contributed by atoms with Gasteiger partial charge < -0.3 is 10.2 Å². The molecule has 0 aromatic heterocycles. The highest BCUT2D eigenvalue weighted by Gasteiger charge is 2.44. The van der Waals surface area contributed by atoms with Crippen molar-refractivity contribution in [2.45, 2.75) is 52.7 Å². The number of nitrogens with one attached hydrogen (secondary N) is 1. The molecular formula is C14H24N2O2. The maximum absolute atomic E-state index is 12.5. The first-order valence-electron chi connectivity index (χ1n) is 6.56. The fourth-order valence-electron chi connectivity index (χ4n) is 2.37. The molecule has 1 aliphatic rings. The Bertz CT molecular complexity index is 350. The summed E-state index contributed by atoms with van der Waals surface area (Å²) in [5.74, 6) is 0.117. The summed E-state index contributed by atoms with van der Waals surface area (Å²) in [7, 11) is 0. The van der Waals surface area contributed by atoms with E-state index in [2.05, 4.69) is 11.9 Å². The summed E-state index contributed by atoms with van der Waals surface area (Å²) in [5.41, 5.74) is 0. The molecule has 4 heteroatoms. The van der Waals surface area contributed by atoms with Crippen molar-refractivity contribution < 1.29 is 9.59 Å². The Morgan fingerprint density at radius 1 is 1.17 bits per heavy atom. The van der Waals surface area contributed by atoms with Gasteiger partial charge in [-0.1, -0.05) is 33.8 Å². The Morgan fingerprint density at radius 3 is 2.11 bits per heavy atom. The Labute approximate surface area is 109 Å². The lowest BCUT2D eigenvalue weighted by Gasteiger charge is -2.44. The smallest absolute Gasteiger partial charge is 0.246 e. The van der Waals surface area contributed by atoms with E-state index in [-0.39, 0.29) is 29.7 Å². The summed E-state index contributed by atoms with van der Waals surface area (Å²) < 4.78 is 0. The van der Waals surface area contributed by atoms with Gasteiger partial charge >= 0.3 is 0 Å². The topological polar surface area (TPSA) is 49.4 Å². The summed E-state index contributed by atoms with van der Waals surface area (Å²) in [5, 5.41) is 2.84. The maximum Gasteiger partial charge on any atom is 0.246 e. The lowest BCUT2D eigenvalue weighted by molar-refractivity contribution is -0.153. The number of rotatable bonds is 4. The zero-order valence-corrected chi connectivity index (χ0v) is 11.9. The minimum atomic E-state index is -0.421. The van der Waals surface area contributed by atoms with Crippen LogP contribution in [0.1, 0.15) is 34.6 Å². The van der Waals surface area contributed by atoms with Gasteiger partial charge in [0.1, 0.15) is 12.1 Å². The fraction of sp³-hybridized carbons (Fsp3) is 0.714. The van der Waals surface area contributed by atoms with Gasteiger partial charge in [-0.25, -0.2) is 0 Å². The number of amides is 2. The molecule has 0 spiro atoms. The predicted molar refractivity (Wildman–Crippen MR) is 71.9 cm³/mol. The molecule has 3 atom stereocenters. The highest BCUT2D eigenvalue weighted by atomic mass is 16.2. The normalized spacial score (nSPS) is 26.5. The van der Waals surface area contributed by atoms with Crippen LogP contribution in [0.2, 0.25) is 0 Å². The molecule has 3 unspecified atom stereocenters. The summed E-state index contributed by atoms with van der Waals surface area (Å²) in [6.07, 6.45) is 1.71. The first kappa shape index (κ1) is 14.7. The minimum absolute atomic E-state index is 0.00398. The molecule has 0 aromatic rings. The van der Waals surface area contributed by atoms with Crippen LogP contribution in [-0.4, -0.2) is 34.8 Å². The molecule has 1 N–H and O–H groups in total. The van der Waals surface area contributed by atoms with Crippen molar-refractivity contribution >= 4 is 11.8 Å². The van der Waals surface area contributed by atoms with Crippen LogP contribution in [0.25, 0.3) is 0 Å². The van der Waals surface area contributed by atoms with Crippen molar-refractivity contribution in [2.75, 3.05) is 0 Å². The van der Waals surface area contributed by atoms with Crippen molar-refractivity contribution in [1.29, 1.82) is 0 Å². The molecule has 0 radical (unpaired) electrons. The van der Waals surface area contributed by atoms with E-state index >= 15 is 0 Å². The highest BCUT2D eigenvalue weighted by molar-refractivity contribution is 5.97. The van der Waals surface area contributed by atoms with Crippen LogP contribution < -0.4 is 5.32 Å². The van der Waals surface area contributed by atoms with E-state index in [4.69, 9.17) is 0 Å². The zero-order chi connectivity index (χ0) is 14.0. The second-order valence-corrected chi connectivity index (χ2v) is 5.64. The van der Waals surface area contributed by atoms with E-state index < -0.39 is 12.1 Å². The average Bonchev–Trinajstić information content (AvgIpc) is 2.29. The standard InChI is InChI=1S/C14H24N2O2/c1-7-10(6)16-12(9(4)5)13(17)15-11(8(2)3)14(16)18/h7-12H,1H2,2-6H3,(H,15,17). The van der Waals surface area contributed by atoms with E-state index in [9.17, 15) is 9.59 Å². The van der Waals surface area contributed by atoms with Crippen LogP contribution in [0, 0.1) is 11.8 Å². The van der Waals surface area contributed by atoms with Gasteiger partial charge in [-0.3, -0.25) is 9.59 Å². The van der Waals surface area contributed by atoms with E-state index in [1.807, 2.05) is 34.6 Å². The minimum Gasteiger partial charge on any atom is -0.342 e. The molecule has 1 rings (SSSR count). The SMILES string of the molecule is C=CC(C)N1C(=O)C(C(C)C)NC(=O)C1C(C)C. The summed E-state index contributed by atoms with van der Waals surface area (Å²) in [4.78, 5) is 26.4. The third-order valence-electron chi connectivity index (χ3n) is 3.46. The third-order valence-corrected chi connectivity index (χ3v) is 3.46. The fourth-order valence-corrected chi connectivity index (χ4v) is 2.37. The van der Waals surface area contributed by atoms with Gasteiger partial charge in [-0.05, 0) is 18.8 Å². The molecule has 1 aliphatic heterocycles. The molecule has 0 saturated carbocycles. The first-order chi connectivity index (χ1) is 8.31. The van der Waals surface area contributed by atoms with Crippen LogP contribution >= 0.6 is 0 Å². The largest absolute Gasteiger partial charge is 0.342 e. The van der Waals surface area contributed by atoms with Crippen molar-refractivity contribution in [3.63, 3.8) is 0 Å². The number of piperazine rings is 1. The van der Waals surface area contributed by atoms with E-state index in [1.54, 1.807) is 11.0 Å². The van der Waals surface area contributed by atoms with Gasteiger partial charge in [0.05, 0.1) is 0 Å². The molecule has 2 amide bonds. The Balaban J connectivity index is 3.12.